The Morgan fingerprint density at radius 1 is 1.60 bits per heavy atom. The van der Waals surface area contributed by atoms with Crippen molar-refractivity contribution in [1.29, 1.82) is 0 Å². The fourth-order valence-electron chi connectivity index (χ4n) is 1.42. The Hall–Kier alpha value is -0.0800. The molecule has 3 N–H and O–H groups in total. The molecule has 1 aliphatic carbocycles. The van der Waals surface area contributed by atoms with E-state index in [1.165, 1.54) is 12.8 Å². The summed E-state index contributed by atoms with van der Waals surface area (Å²) in [5, 5.41) is 8.86. The van der Waals surface area contributed by atoms with Crippen LogP contribution in [0.1, 0.15) is 33.1 Å². The van der Waals surface area contributed by atoms with Gasteiger partial charge in [-0.2, -0.15) is 0 Å². The molecule has 2 heteroatoms. The highest BCUT2D eigenvalue weighted by molar-refractivity contribution is 4.96. The normalized spacial score (nSPS) is 27.6. The van der Waals surface area contributed by atoms with Gasteiger partial charge in [-0.15, -0.1) is 0 Å². The molecule has 2 nitrogen and oxygen atoms in total. The summed E-state index contributed by atoms with van der Waals surface area (Å²) >= 11 is 0. The minimum Gasteiger partial charge on any atom is -0.394 e. The molecule has 0 aliphatic heterocycles. The van der Waals surface area contributed by atoms with E-state index in [0.717, 1.165) is 6.42 Å². The predicted molar refractivity (Wildman–Crippen MR) is 41.6 cm³/mol. The second-order valence-corrected chi connectivity index (χ2v) is 4.30. The molecule has 0 amide bonds. The van der Waals surface area contributed by atoms with Crippen LogP contribution in [0, 0.1) is 5.41 Å². The SMILES string of the molecule is CC(N)(CO)CC1(C)CC1. The summed E-state index contributed by atoms with van der Waals surface area (Å²) < 4.78 is 0. The second kappa shape index (κ2) is 2.21. The first kappa shape index (κ1) is 8.02. The summed E-state index contributed by atoms with van der Waals surface area (Å²) in [6, 6.07) is 0. The van der Waals surface area contributed by atoms with E-state index in [9.17, 15) is 0 Å². The fraction of sp³-hybridized carbons (Fsp3) is 1.00. The van der Waals surface area contributed by atoms with Crippen molar-refractivity contribution in [3.63, 3.8) is 0 Å². The van der Waals surface area contributed by atoms with Crippen LogP contribution >= 0.6 is 0 Å². The van der Waals surface area contributed by atoms with E-state index in [1.807, 2.05) is 6.92 Å². The molecule has 0 saturated heterocycles. The molecule has 0 spiro atoms. The molecule has 10 heavy (non-hydrogen) atoms. The predicted octanol–water partition coefficient (Wildman–Crippen LogP) is 0.886. The van der Waals surface area contributed by atoms with Crippen molar-refractivity contribution in [2.24, 2.45) is 11.1 Å². The summed E-state index contributed by atoms with van der Waals surface area (Å²) in [5.41, 5.74) is 5.89. The molecular formula is C8H17NO. The van der Waals surface area contributed by atoms with Gasteiger partial charge in [0.15, 0.2) is 0 Å². The van der Waals surface area contributed by atoms with Gasteiger partial charge in [-0.05, 0) is 31.6 Å². The van der Waals surface area contributed by atoms with Gasteiger partial charge in [0.05, 0.1) is 6.61 Å². The van der Waals surface area contributed by atoms with Gasteiger partial charge in [0.1, 0.15) is 0 Å². The van der Waals surface area contributed by atoms with Crippen LogP contribution in [0.25, 0.3) is 0 Å². The number of aliphatic hydroxyl groups is 1. The van der Waals surface area contributed by atoms with Crippen LogP contribution < -0.4 is 5.73 Å². The van der Waals surface area contributed by atoms with Crippen molar-refractivity contribution in [3.05, 3.63) is 0 Å². The Kier molecular flexibility index (Phi) is 1.77. The number of aliphatic hydroxyl groups excluding tert-OH is 1. The molecule has 0 aromatic rings. The molecule has 60 valence electrons. The maximum absolute atomic E-state index is 8.86. The van der Waals surface area contributed by atoms with Crippen LogP contribution in [0.2, 0.25) is 0 Å². The third-order valence-corrected chi connectivity index (χ3v) is 2.30. The molecule has 0 bridgehead atoms. The van der Waals surface area contributed by atoms with E-state index in [2.05, 4.69) is 6.92 Å². The third kappa shape index (κ3) is 1.96. The zero-order valence-corrected chi connectivity index (χ0v) is 6.85. The molecule has 0 radical (unpaired) electrons. The second-order valence-electron chi connectivity index (χ2n) is 4.30. The summed E-state index contributed by atoms with van der Waals surface area (Å²) in [7, 11) is 0. The Morgan fingerprint density at radius 2 is 2.10 bits per heavy atom. The molecular weight excluding hydrogens is 126 g/mol. The molecule has 1 rings (SSSR count). The zero-order valence-electron chi connectivity index (χ0n) is 6.85. The molecule has 0 aromatic heterocycles. The lowest BCUT2D eigenvalue weighted by atomic mass is 9.89. The minimum atomic E-state index is -0.356. The van der Waals surface area contributed by atoms with E-state index in [-0.39, 0.29) is 12.1 Å². The van der Waals surface area contributed by atoms with Gasteiger partial charge in [-0.3, -0.25) is 0 Å². The van der Waals surface area contributed by atoms with Crippen molar-refractivity contribution in [2.45, 2.75) is 38.6 Å². The molecule has 1 aliphatic rings. The largest absolute Gasteiger partial charge is 0.394 e. The quantitative estimate of drug-likeness (QED) is 0.616. The number of hydrogen-bond donors (Lipinski definition) is 2. The Labute approximate surface area is 62.4 Å². The maximum atomic E-state index is 8.86. The maximum Gasteiger partial charge on any atom is 0.0608 e. The van der Waals surface area contributed by atoms with Gasteiger partial charge in [0.2, 0.25) is 0 Å². The third-order valence-electron chi connectivity index (χ3n) is 2.30. The van der Waals surface area contributed by atoms with Crippen molar-refractivity contribution < 1.29 is 5.11 Å². The average molecular weight is 143 g/mol. The van der Waals surface area contributed by atoms with Gasteiger partial charge >= 0.3 is 0 Å². The number of nitrogens with two attached hydrogens (primary N) is 1. The zero-order chi connectivity index (χ0) is 7.83. The standard InChI is InChI=1S/C8H17NO/c1-7(3-4-7)5-8(2,9)6-10/h10H,3-6,9H2,1-2H3. The van der Waals surface area contributed by atoms with Crippen LogP contribution in [-0.4, -0.2) is 17.3 Å². The molecule has 1 atom stereocenters. The van der Waals surface area contributed by atoms with E-state index >= 15 is 0 Å². The number of rotatable bonds is 3. The van der Waals surface area contributed by atoms with Crippen molar-refractivity contribution in [3.8, 4) is 0 Å². The monoisotopic (exact) mass is 143 g/mol. The number of hydrogen-bond acceptors (Lipinski definition) is 2. The van der Waals surface area contributed by atoms with Crippen LogP contribution in [0.15, 0.2) is 0 Å². The van der Waals surface area contributed by atoms with E-state index in [0.29, 0.717) is 5.41 Å². The van der Waals surface area contributed by atoms with E-state index in [4.69, 9.17) is 10.8 Å². The van der Waals surface area contributed by atoms with Gasteiger partial charge in [0, 0.05) is 5.54 Å². The van der Waals surface area contributed by atoms with Gasteiger partial charge < -0.3 is 10.8 Å². The Morgan fingerprint density at radius 3 is 2.40 bits per heavy atom. The lowest BCUT2D eigenvalue weighted by molar-refractivity contribution is 0.180. The minimum absolute atomic E-state index is 0.0998. The van der Waals surface area contributed by atoms with Crippen molar-refractivity contribution in [1.82, 2.24) is 0 Å². The molecule has 1 saturated carbocycles. The van der Waals surface area contributed by atoms with E-state index < -0.39 is 0 Å². The lowest BCUT2D eigenvalue weighted by Gasteiger charge is -2.25. The molecule has 0 heterocycles. The van der Waals surface area contributed by atoms with Gasteiger partial charge in [-0.25, -0.2) is 0 Å². The first-order valence-electron chi connectivity index (χ1n) is 3.87. The highest BCUT2D eigenvalue weighted by atomic mass is 16.3. The molecule has 1 unspecified atom stereocenters. The topological polar surface area (TPSA) is 46.2 Å². The van der Waals surface area contributed by atoms with Crippen molar-refractivity contribution in [2.75, 3.05) is 6.61 Å². The molecule has 1 fully saturated rings. The fourth-order valence-corrected chi connectivity index (χ4v) is 1.42. The summed E-state index contributed by atoms with van der Waals surface area (Å²) in [4.78, 5) is 0. The average Bonchev–Trinajstić information content (AvgIpc) is 2.47. The first-order valence-corrected chi connectivity index (χ1v) is 3.87. The lowest BCUT2D eigenvalue weighted by Crippen LogP contribution is -2.42. The summed E-state index contributed by atoms with van der Waals surface area (Å²) in [6.45, 7) is 4.24. The molecule has 0 aromatic carbocycles. The van der Waals surface area contributed by atoms with Gasteiger partial charge in [-0.1, -0.05) is 6.92 Å². The van der Waals surface area contributed by atoms with E-state index in [1.54, 1.807) is 0 Å². The summed E-state index contributed by atoms with van der Waals surface area (Å²) in [5.74, 6) is 0. The van der Waals surface area contributed by atoms with Crippen LogP contribution in [0.5, 0.6) is 0 Å². The Bertz CT molecular complexity index is 127. The smallest absolute Gasteiger partial charge is 0.0608 e. The highest BCUT2D eigenvalue weighted by Gasteiger charge is 2.41. The Balaban J connectivity index is 2.36. The van der Waals surface area contributed by atoms with Crippen LogP contribution in [-0.2, 0) is 0 Å². The van der Waals surface area contributed by atoms with Crippen LogP contribution in [0.4, 0.5) is 0 Å². The first-order chi connectivity index (χ1) is 4.47. The summed E-state index contributed by atoms with van der Waals surface area (Å²) in [6.07, 6.45) is 3.51. The van der Waals surface area contributed by atoms with Crippen LogP contribution in [0.3, 0.4) is 0 Å². The highest BCUT2D eigenvalue weighted by Crippen LogP contribution is 2.50. The van der Waals surface area contributed by atoms with Crippen molar-refractivity contribution >= 4 is 0 Å². The van der Waals surface area contributed by atoms with Gasteiger partial charge in [0.25, 0.3) is 0 Å².